The molecule has 11 heteroatoms. The summed E-state index contributed by atoms with van der Waals surface area (Å²) in [7, 11) is 0. The number of anilines is 4. The average molecular weight is 561 g/mol. The van der Waals surface area contributed by atoms with Crippen LogP contribution in [0.25, 0.3) is 0 Å². The third kappa shape index (κ3) is 7.51. The number of urea groups is 2. The van der Waals surface area contributed by atoms with Crippen LogP contribution in [0.4, 0.5) is 32.3 Å². The minimum absolute atomic E-state index is 0. The van der Waals surface area contributed by atoms with E-state index in [0.717, 1.165) is 67.4 Å². The van der Waals surface area contributed by atoms with Crippen molar-refractivity contribution in [3.63, 3.8) is 0 Å². The lowest BCUT2D eigenvalue weighted by atomic mass is 10.1. The number of benzene rings is 3. The topological polar surface area (TPSA) is 131 Å². The predicted octanol–water partition coefficient (Wildman–Crippen LogP) is 5.18. The van der Waals surface area contributed by atoms with Crippen molar-refractivity contribution in [1.29, 1.82) is 0 Å². The van der Waals surface area contributed by atoms with Gasteiger partial charge in [0.25, 0.3) is 0 Å². The molecular weight excluding hydrogens is 528 g/mol. The molecule has 5 rings (SSSR count). The minimum atomic E-state index is -0.355. The smallest absolute Gasteiger partial charge is 0.323 e. The predicted molar refractivity (Wildman–Crippen MR) is 165 cm³/mol. The summed E-state index contributed by atoms with van der Waals surface area (Å²) in [5, 5.41) is 18.0. The van der Waals surface area contributed by atoms with E-state index >= 15 is 0 Å². The molecule has 2 aliphatic rings. The van der Waals surface area contributed by atoms with Crippen molar-refractivity contribution < 1.29 is 9.59 Å². The SMILES string of the molecule is Cc1cc(NC(=O)Nc2ccc(C3=NCCCN3)cc2)ccc1NC(=O)Nc1ccc(C2=NCCCN2)cc1.Cl. The van der Waals surface area contributed by atoms with Crippen LogP contribution in [-0.2, 0) is 0 Å². The molecule has 0 unspecified atom stereocenters. The summed E-state index contributed by atoms with van der Waals surface area (Å²) in [6, 6.07) is 19.7. The monoisotopic (exact) mass is 560 g/mol. The molecule has 208 valence electrons. The first kappa shape index (κ1) is 28.4. The average Bonchev–Trinajstić information content (AvgIpc) is 2.96. The summed E-state index contributed by atoms with van der Waals surface area (Å²) >= 11 is 0. The quantitative estimate of drug-likeness (QED) is 0.248. The van der Waals surface area contributed by atoms with Crippen molar-refractivity contribution >= 4 is 58.9 Å². The summed E-state index contributed by atoms with van der Waals surface area (Å²) in [4.78, 5) is 34.1. The Kier molecular flexibility index (Phi) is 9.58. The maximum atomic E-state index is 12.6. The molecule has 4 amide bonds. The van der Waals surface area contributed by atoms with Crippen molar-refractivity contribution in [2.75, 3.05) is 47.4 Å². The van der Waals surface area contributed by atoms with Crippen LogP contribution in [0.2, 0.25) is 0 Å². The molecule has 0 fully saturated rings. The van der Waals surface area contributed by atoms with E-state index in [1.165, 1.54) is 0 Å². The molecular formula is C29H33ClN8O2. The third-order valence-corrected chi connectivity index (χ3v) is 6.36. The van der Waals surface area contributed by atoms with Gasteiger partial charge >= 0.3 is 12.1 Å². The van der Waals surface area contributed by atoms with Crippen molar-refractivity contribution in [3.05, 3.63) is 83.4 Å². The molecule has 0 saturated carbocycles. The van der Waals surface area contributed by atoms with Crippen molar-refractivity contribution in [1.82, 2.24) is 10.6 Å². The highest BCUT2D eigenvalue weighted by atomic mass is 35.5. The highest BCUT2D eigenvalue weighted by Crippen LogP contribution is 2.21. The van der Waals surface area contributed by atoms with Gasteiger partial charge in [0.1, 0.15) is 11.7 Å². The Morgan fingerprint density at radius 2 is 1.10 bits per heavy atom. The van der Waals surface area contributed by atoms with Crippen LogP contribution in [0.1, 0.15) is 29.5 Å². The molecule has 0 aromatic heterocycles. The molecule has 0 bridgehead atoms. The number of halogens is 1. The standard InChI is InChI=1S/C29H32N8O2.ClH/c1-19-18-24(36-28(38)34-22-8-4-20(5-9-22)26-30-14-2-15-31-26)12-13-25(19)37-29(39)35-23-10-6-21(7-11-23)27-32-16-3-17-33-27;/h4-13,18H,2-3,14-17H2,1H3,(H,30,31)(H,32,33)(H2,34,36,38)(H2,35,37,39);1H. The van der Waals surface area contributed by atoms with Gasteiger partial charge in [-0.3, -0.25) is 9.98 Å². The van der Waals surface area contributed by atoms with E-state index in [4.69, 9.17) is 0 Å². The van der Waals surface area contributed by atoms with Crippen molar-refractivity contribution in [2.45, 2.75) is 19.8 Å². The molecule has 2 aliphatic heterocycles. The molecule has 6 N–H and O–H groups in total. The second-order valence-corrected chi connectivity index (χ2v) is 9.36. The number of nitrogens with one attached hydrogen (secondary N) is 6. The van der Waals surface area contributed by atoms with Gasteiger partial charge in [0.05, 0.1) is 0 Å². The van der Waals surface area contributed by atoms with Gasteiger partial charge in [-0.1, -0.05) is 0 Å². The number of aliphatic imine (C=N–C) groups is 2. The highest BCUT2D eigenvalue weighted by Gasteiger charge is 2.11. The zero-order valence-corrected chi connectivity index (χ0v) is 23.0. The molecule has 0 atom stereocenters. The Balaban J connectivity index is 0.00000370. The molecule has 2 heterocycles. The number of nitrogens with zero attached hydrogens (tertiary/aromatic N) is 2. The van der Waals surface area contributed by atoms with E-state index in [1.54, 1.807) is 18.2 Å². The number of carbonyl (C=O) groups is 2. The zero-order chi connectivity index (χ0) is 27.0. The van der Waals surface area contributed by atoms with Crippen LogP contribution in [0, 0.1) is 6.92 Å². The first-order valence-corrected chi connectivity index (χ1v) is 13.1. The first-order valence-electron chi connectivity index (χ1n) is 13.1. The summed E-state index contributed by atoms with van der Waals surface area (Å²) < 4.78 is 0. The van der Waals surface area contributed by atoms with E-state index in [2.05, 4.69) is 41.9 Å². The number of amidine groups is 2. The first-order chi connectivity index (χ1) is 19.0. The molecule has 0 saturated heterocycles. The molecule has 0 spiro atoms. The number of hydrogen-bond acceptors (Lipinski definition) is 6. The van der Waals surface area contributed by atoms with E-state index in [9.17, 15) is 9.59 Å². The highest BCUT2D eigenvalue weighted by molar-refractivity contribution is 6.03. The zero-order valence-electron chi connectivity index (χ0n) is 22.2. The maximum Gasteiger partial charge on any atom is 0.323 e. The maximum absolute atomic E-state index is 12.6. The van der Waals surface area contributed by atoms with Crippen LogP contribution in [0.3, 0.4) is 0 Å². The van der Waals surface area contributed by atoms with Gasteiger partial charge in [-0.05, 0) is 92.1 Å². The summed E-state index contributed by atoms with van der Waals surface area (Å²) in [6.45, 7) is 5.36. The Bertz CT molecular complexity index is 1400. The summed E-state index contributed by atoms with van der Waals surface area (Å²) in [5.74, 6) is 1.77. The van der Waals surface area contributed by atoms with Gasteiger partial charge < -0.3 is 31.9 Å². The fourth-order valence-corrected chi connectivity index (χ4v) is 4.33. The number of amides is 4. The van der Waals surface area contributed by atoms with E-state index in [0.29, 0.717) is 22.7 Å². The fourth-order valence-electron chi connectivity index (χ4n) is 4.33. The third-order valence-electron chi connectivity index (χ3n) is 6.36. The normalized spacial score (nSPS) is 14.2. The number of carbonyl (C=O) groups excluding carboxylic acids is 2. The Morgan fingerprint density at radius 1 is 0.650 bits per heavy atom. The van der Waals surface area contributed by atoms with Gasteiger partial charge in [-0.15, -0.1) is 12.4 Å². The van der Waals surface area contributed by atoms with E-state index < -0.39 is 0 Å². The van der Waals surface area contributed by atoms with Crippen LogP contribution in [-0.4, -0.2) is 49.9 Å². The summed E-state index contributed by atoms with van der Waals surface area (Å²) in [6.07, 6.45) is 2.08. The van der Waals surface area contributed by atoms with Gasteiger partial charge in [-0.2, -0.15) is 0 Å². The van der Waals surface area contributed by atoms with Crippen LogP contribution >= 0.6 is 12.4 Å². The largest absolute Gasteiger partial charge is 0.370 e. The van der Waals surface area contributed by atoms with Crippen LogP contribution in [0.15, 0.2) is 76.7 Å². The van der Waals surface area contributed by atoms with E-state index in [1.807, 2.05) is 55.5 Å². The lowest BCUT2D eigenvalue weighted by molar-refractivity contribution is 0.261. The Labute approximate surface area is 239 Å². The van der Waals surface area contributed by atoms with Gasteiger partial charge in [0.2, 0.25) is 0 Å². The van der Waals surface area contributed by atoms with Crippen molar-refractivity contribution in [3.8, 4) is 0 Å². The summed E-state index contributed by atoms with van der Waals surface area (Å²) in [5.41, 5.74) is 5.41. The fraction of sp³-hybridized carbons (Fsp3) is 0.241. The van der Waals surface area contributed by atoms with Gasteiger partial charge in [-0.25, -0.2) is 9.59 Å². The molecule has 0 radical (unpaired) electrons. The second kappa shape index (κ2) is 13.5. The molecule has 10 nitrogen and oxygen atoms in total. The lowest BCUT2D eigenvalue weighted by Crippen LogP contribution is -2.30. The van der Waals surface area contributed by atoms with Crippen LogP contribution in [0.5, 0.6) is 0 Å². The Hall–Kier alpha value is -4.57. The lowest BCUT2D eigenvalue weighted by Gasteiger charge is -2.15. The molecule has 40 heavy (non-hydrogen) atoms. The molecule has 3 aromatic rings. The number of rotatable bonds is 6. The van der Waals surface area contributed by atoms with Crippen molar-refractivity contribution in [2.24, 2.45) is 9.98 Å². The van der Waals surface area contributed by atoms with E-state index in [-0.39, 0.29) is 24.5 Å². The number of aryl methyl sites for hydroxylation is 1. The molecule has 3 aromatic carbocycles. The van der Waals surface area contributed by atoms with Gasteiger partial charge in [0.15, 0.2) is 0 Å². The molecule has 0 aliphatic carbocycles. The second-order valence-electron chi connectivity index (χ2n) is 9.36. The number of hydrogen-bond donors (Lipinski definition) is 6. The van der Waals surface area contributed by atoms with Crippen LogP contribution < -0.4 is 31.9 Å². The van der Waals surface area contributed by atoms with Gasteiger partial charge in [0, 0.05) is 60.1 Å². The Morgan fingerprint density at radius 3 is 1.55 bits per heavy atom. The minimum Gasteiger partial charge on any atom is -0.370 e.